The summed E-state index contributed by atoms with van der Waals surface area (Å²) in [4.78, 5) is 13.4. The van der Waals surface area contributed by atoms with Gasteiger partial charge in [-0.1, -0.05) is 23.3 Å². The Labute approximate surface area is 122 Å². The highest BCUT2D eigenvalue weighted by atomic mass is 16.2. The lowest BCUT2D eigenvalue weighted by atomic mass is 10.3. The third-order valence-electron chi connectivity index (χ3n) is 3.53. The Morgan fingerprint density at radius 2 is 2.10 bits per heavy atom. The molecule has 1 saturated heterocycles. The van der Waals surface area contributed by atoms with E-state index in [4.69, 9.17) is 0 Å². The first kappa shape index (κ1) is 13.5. The number of para-hydroxylation sites is 1. The van der Waals surface area contributed by atoms with E-state index in [1.807, 2.05) is 35.2 Å². The molecular formula is C14H18N6O. The van der Waals surface area contributed by atoms with Crippen LogP contribution < -0.4 is 5.32 Å². The summed E-state index contributed by atoms with van der Waals surface area (Å²) in [5.74, 6) is 0.887. The number of nitrogens with zero attached hydrogens (tertiary/aromatic N) is 5. The van der Waals surface area contributed by atoms with Crippen LogP contribution in [0.15, 0.2) is 30.3 Å². The molecule has 2 heterocycles. The molecule has 0 bridgehead atoms. The van der Waals surface area contributed by atoms with Gasteiger partial charge in [-0.15, -0.1) is 0 Å². The Kier molecular flexibility index (Phi) is 4.09. The van der Waals surface area contributed by atoms with E-state index in [1.54, 1.807) is 4.68 Å². The molecule has 110 valence electrons. The van der Waals surface area contributed by atoms with Crippen molar-refractivity contribution in [3.05, 3.63) is 30.3 Å². The number of hydrogen-bond acceptors (Lipinski definition) is 5. The van der Waals surface area contributed by atoms with Gasteiger partial charge in [0.15, 0.2) is 0 Å². The van der Waals surface area contributed by atoms with E-state index in [9.17, 15) is 4.79 Å². The molecule has 1 aliphatic heterocycles. The third kappa shape index (κ3) is 3.18. The van der Waals surface area contributed by atoms with Crippen LogP contribution in [0.3, 0.4) is 0 Å². The second-order valence-corrected chi connectivity index (χ2v) is 5.01. The topological polar surface area (TPSA) is 75.9 Å². The molecule has 0 atom stereocenters. The summed E-state index contributed by atoms with van der Waals surface area (Å²) >= 11 is 0. The van der Waals surface area contributed by atoms with Gasteiger partial charge in [-0.2, -0.15) is 4.68 Å². The highest BCUT2D eigenvalue weighted by molar-refractivity contribution is 5.77. The average molecular weight is 286 g/mol. The molecule has 1 aromatic heterocycles. The van der Waals surface area contributed by atoms with Crippen molar-refractivity contribution < 1.29 is 4.79 Å². The van der Waals surface area contributed by atoms with Crippen molar-refractivity contribution in [2.75, 3.05) is 25.0 Å². The predicted molar refractivity (Wildman–Crippen MR) is 78.1 cm³/mol. The van der Waals surface area contributed by atoms with Gasteiger partial charge in [0.1, 0.15) is 0 Å². The van der Waals surface area contributed by atoms with Crippen LogP contribution in [0.4, 0.5) is 5.95 Å². The van der Waals surface area contributed by atoms with Gasteiger partial charge in [0.2, 0.25) is 11.9 Å². The molecule has 1 fully saturated rings. The Morgan fingerprint density at radius 3 is 2.86 bits per heavy atom. The quantitative estimate of drug-likeness (QED) is 0.804. The fourth-order valence-corrected chi connectivity index (χ4v) is 2.45. The van der Waals surface area contributed by atoms with E-state index in [0.29, 0.717) is 12.4 Å². The highest BCUT2D eigenvalue weighted by Crippen LogP contribution is 2.11. The molecule has 0 radical (unpaired) electrons. The van der Waals surface area contributed by atoms with Crippen LogP contribution in [-0.4, -0.2) is 50.6 Å². The first-order valence-corrected chi connectivity index (χ1v) is 7.20. The second-order valence-electron chi connectivity index (χ2n) is 5.01. The van der Waals surface area contributed by atoms with Crippen LogP contribution in [-0.2, 0) is 4.79 Å². The minimum absolute atomic E-state index is 0.268. The molecule has 0 aliphatic carbocycles. The maximum atomic E-state index is 11.5. The minimum Gasteiger partial charge on any atom is -0.353 e. The van der Waals surface area contributed by atoms with Crippen LogP contribution in [0.5, 0.6) is 0 Å². The van der Waals surface area contributed by atoms with Crippen LogP contribution in [0, 0.1) is 0 Å². The summed E-state index contributed by atoms with van der Waals surface area (Å²) in [6, 6.07) is 9.74. The minimum atomic E-state index is 0.268. The highest BCUT2D eigenvalue weighted by Gasteiger charge is 2.19. The Morgan fingerprint density at radius 1 is 1.24 bits per heavy atom. The maximum absolute atomic E-state index is 11.5. The van der Waals surface area contributed by atoms with E-state index >= 15 is 0 Å². The molecule has 21 heavy (non-hydrogen) atoms. The van der Waals surface area contributed by atoms with E-state index in [0.717, 1.165) is 38.2 Å². The van der Waals surface area contributed by atoms with Crippen LogP contribution >= 0.6 is 0 Å². The standard InChI is InChI=1S/C14H18N6O/c21-13-8-4-10-19(13)11-5-9-15-14-16-17-18-20(14)12-6-2-1-3-7-12/h1-3,6-7H,4-5,8-11H2,(H,15,16,18). The van der Waals surface area contributed by atoms with Crippen molar-refractivity contribution >= 4 is 11.9 Å². The Bertz CT molecular complexity index is 597. The van der Waals surface area contributed by atoms with Crippen molar-refractivity contribution in [1.82, 2.24) is 25.1 Å². The van der Waals surface area contributed by atoms with Gasteiger partial charge in [0.25, 0.3) is 0 Å². The Hall–Kier alpha value is -2.44. The molecule has 2 aromatic rings. The van der Waals surface area contributed by atoms with Crippen molar-refractivity contribution in [3.63, 3.8) is 0 Å². The largest absolute Gasteiger partial charge is 0.353 e. The van der Waals surface area contributed by atoms with Crippen LogP contribution in [0.25, 0.3) is 5.69 Å². The number of carbonyl (C=O) groups excluding carboxylic acids is 1. The lowest BCUT2D eigenvalue weighted by Gasteiger charge is -2.15. The van der Waals surface area contributed by atoms with E-state index in [2.05, 4.69) is 20.8 Å². The predicted octanol–water partition coefficient (Wildman–Crippen LogP) is 1.09. The zero-order valence-corrected chi connectivity index (χ0v) is 11.8. The number of anilines is 1. The molecule has 7 nitrogen and oxygen atoms in total. The van der Waals surface area contributed by atoms with Crippen LogP contribution in [0.1, 0.15) is 19.3 Å². The van der Waals surface area contributed by atoms with Gasteiger partial charge >= 0.3 is 0 Å². The first-order valence-electron chi connectivity index (χ1n) is 7.20. The zero-order valence-electron chi connectivity index (χ0n) is 11.8. The lowest BCUT2D eigenvalue weighted by Crippen LogP contribution is -2.27. The van der Waals surface area contributed by atoms with Crippen molar-refractivity contribution in [1.29, 1.82) is 0 Å². The SMILES string of the molecule is O=C1CCCN1CCCNc1nnnn1-c1ccccc1. The number of amides is 1. The first-order chi connectivity index (χ1) is 10.3. The van der Waals surface area contributed by atoms with Gasteiger partial charge in [0.05, 0.1) is 5.69 Å². The molecular weight excluding hydrogens is 268 g/mol. The van der Waals surface area contributed by atoms with Crippen molar-refractivity contribution in [2.24, 2.45) is 0 Å². The fourth-order valence-electron chi connectivity index (χ4n) is 2.45. The molecule has 1 aromatic carbocycles. The normalized spacial score (nSPS) is 14.7. The number of benzene rings is 1. The molecule has 1 aliphatic rings. The molecule has 1 amide bonds. The van der Waals surface area contributed by atoms with E-state index in [-0.39, 0.29) is 5.91 Å². The maximum Gasteiger partial charge on any atom is 0.247 e. The molecule has 0 spiro atoms. The van der Waals surface area contributed by atoms with Crippen molar-refractivity contribution in [2.45, 2.75) is 19.3 Å². The molecule has 0 unspecified atom stereocenters. The summed E-state index contributed by atoms with van der Waals surface area (Å²) in [5, 5.41) is 14.9. The van der Waals surface area contributed by atoms with Gasteiger partial charge in [0, 0.05) is 26.1 Å². The average Bonchev–Trinajstić information content (AvgIpc) is 3.14. The van der Waals surface area contributed by atoms with Gasteiger partial charge in [-0.05, 0) is 35.4 Å². The number of aromatic nitrogens is 4. The summed E-state index contributed by atoms with van der Waals surface area (Å²) in [6.07, 6.45) is 2.56. The fraction of sp³-hybridized carbons (Fsp3) is 0.429. The Balaban J connectivity index is 1.52. The number of hydrogen-bond donors (Lipinski definition) is 1. The van der Waals surface area contributed by atoms with Gasteiger partial charge in [-0.25, -0.2) is 0 Å². The number of likely N-dealkylation sites (tertiary alicyclic amines) is 1. The molecule has 7 heteroatoms. The summed E-state index contributed by atoms with van der Waals surface area (Å²) in [7, 11) is 0. The molecule has 3 rings (SSSR count). The van der Waals surface area contributed by atoms with Crippen LogP contribution in [0.2, 0.25) is 0 Å². The number of tetrazole rings is 1. The number of carbonyl (C=O) groups is 1. The van der Waals surface area contributed by atoms with Gasteiger partial charge in [-0.3, -0.25) is 4.79 Å². The van der Waals surface area contributed by atoms with E-state index < -0.39 is 0 Å². The molecule has 0 saturated carbocycles. The smallest absolute Gasteiger partial charge is 0.247 e. The van der Waals surface area contributed by atoms with Gasteiger partial charge < -0.3 is 10.2 Å². The van der Waals surface area contributed by atoms with Crippen molar-refractivity contribution in [3.8, 4) is 5.69 Å². The second kappa shape index (κ2) is 6.34. The number of rotatable bonds is 6. The monoisotopic (exact) mass is 286 g/mol. The zero-order chi connectivity index (χ0) is 14.5. The summed E-state index contributed by atoms with van der Waals surface area (Å²) < 4.78 is 1.67. The third-order valence-corrected chi connectivity index (χ3v) is 3.53. The molecule has 1 N–H and O–H groups in total. The summed E-state index contributed by atoms with van der Waals surface area (Å²) in [6.45, 7) is 2.41. The van der Waals surface area contributed by atoms with E-state index in [1.165, 1.54) is 0 Å². The summed E-state index contributed by atoms with van der Waals surface area (Å²) in [5.41, 5.74) is 0.916. The lowest BCUT2D eigenvalue weighted by molar-refractivity contribution is -0.127. The number of nitrogens with one attached hydrogen (secondary N) is 1.